The van der Waals surface area contributed by atoms with E-state index in [0.29, 0.717) is 6.61 Å². The number of methoxy groups -OCH3 is 1. The van der Waals surface area contributed by atoms with Crippen molar-refractivity contribution in [2.45, 2.75) is 24.9 Å². The summed E-state index contributed by atoms with van der Waals surface area (Å²) in [5.41, 5.74) is 2.22. The number of anilines is 1. The van der Waals surface area contributed by atoms with Crippen molar-refractivity contribution in [2.24, 2.45) is 0 Å². The van der Waals surface area contributed by atoms with E-state index >= 15 is 0 Å². The molecule has 0 atom stereocenters. The average Bonchev–Trinajstić information content (AvgIpc) is 2.60. The number of halogens is 1. The van der Waals surface area contributed by atoms with Gasteiger partial charge in [0.15, 0.2) is 0 Å². The molecule has 3 rings (SSSR count). The van der Waals surface area contributed by atoms with Crippen LogP contribution in [0.4, 0.5) is 10.1 Å². The lowest BCUT2D eigenvalue weighted by molar-refractivity contribution is 0.0860. The predicted molar refractivity (Wildman–Crippen MR) is 95.6 cm³/mol. The van der Waals surface area contributed by atoms with Crippen LogP contribution in [-0.2, 0) is 11.3 Å². The van der Waals surface area contributed by atoms with Crippen molar-refractivity contribution in [1.29, 1.82) is 0 Å². The molecule has 0 unspecified atom stereocenters. The summed E-state index contributed by atoms with van der Waals surface area (Å²) in [6.45, 7) is 3.68. The summed E-state index contributed by atoms with van der Waals surface area (Å²) in [6, 6.07) is 17.2. The lowest BCUT2D eigenvalue weighted by Gasteiger charge is -2.42. The molecule has 0 bridgehead atoms. The van der Waals surface area contributed by atoms with E-state index in [1.165, 1.54) is 17.7 Å². The van der Waals surface area contributed by atoms with Gasteiger partial charge >= 0.3 is 0 Å². The SMILES string of the molecule is COCC1(Nc2ccc(F)cc2)CCN(Cc2ccccc2)CC1. The number of hydrogen-bond donors (Lipinski definition) is 1. The van der Waals surface area contributed by atoms with Crippen molar-refractivity contribution in [3.05, 3.63) is 66.0 Å². The zero-order valence-corrected chi connectivity index (χ0v) is 14.2. The Hall–Kier alpha value is -1.91. The van der Waals surface area contributed by atoms with Gasteiger partial charge in [-0.3, -0.25) is 4.90 Å². The van der Waals surface area contributed by atoms with Crippen molar-refractivity contribution < 1.29 is 9.13 Å². The van der Waals surface area contributed by atoms with Crippen molar-refractivity contribution in [3.8, 4) is 0 Å². The van der Waals surface area contributed by atoms with E-state index in [2.05, 4.69) is 40.5 Å². The first-order valence-electron chi connectivity index (χ1n) is 8.48. The number of rotatable bonds is 6. The summed E-state index contributed by atoms with van der Waals surface area (Å²) in [4.78, 5) is 2.48. The zero-order valence-electron chi connectivity index (χ0n) is 14.2. The van der Waals surface area contributed by atoms with E-state index in [9.17, 15) is 4.39 Å². The maximum Gasteiger partial charge on any atom is 0.123 e. The first-order valence-corrected chi connectivity index (χ1v) is 8.48. The normalized spacial score (nSPS) is 17.6. The fourth-order valence-electron chi connectivity index (χ4n) is 3.40. The molecule has 0 amide bonds. The zero-order chi connectivity index (χ0) is 16.8. The Labute approximate surface area is 143 Å². The molecular formula is C20H25FN2O. The molecule has 128 valence electrons. The minimum atomic E-state index is -0.209. The number of nitrogens with one attached hydrogen (secondary N) is 1. The summed E-state index contributed by atoms with van der Waals surface area (Å²) in [6.07, 6.45) is 2.01. The van der Waals surface area contributed by atoms with Crippen LogP contribution >= 0.6 is 0 Å². The van der Waals surface area contributed by atoms with Gasteiger partial charge < -0.3 is 10.1 Å². The maximum atomic E-state index is 13.1. The van der Waals surface area contributed by atoms with Crippen LogP contribution in [0.1, 0.15) is 18.4 Å². The largest absolute Gasteiger partial charge is 0.382 e. The molecule has 1 aliphatic rings. The Morgan fingerprint density at radius 3 is 2.33 bits per heavy atom. The second-order valence-electron chi connectivity index (χ2n) is 6.61. The molecule has 4 heteroatoms. The van der Waals surface area contributed by atoms with Crippen LogP contribution in [0.3, 0.4) is 0 Å². The van der Waals surface area contributed by atoms with E-state index in [4.69, 9.17) is 4.74 Å². The average molecular weight is 328 g/mol. The molecule has 1 fully saturated rings. The second kappa shape index (κ2) is 7.77. The van der Waals surface area contributed by atoms with Crippen molar-refractivity contribution >= 4 is 5.69 Å². The summed E-state index contributed by atoms with van der Waals surface area (Å²) < 4.78 is 18.6. The Kier molecular flexibility index (Phi) is 5.48. The van der Waals surface area contributed by atoms with Gasteiger partial charge in [0.1, 0.15) is 5.82 Å². The highest BCUT2D eigenvalue weighted by Crippen LogP contribution is 2.28. The molecule has 2 aromatic carbocycles. The van der Waals surface area contributed by atoms with Gasteiger partial charge in [0, 0.05) is 32.4 Å². The number of hydrogen-bond acceptors (Lipinski definition) is 3. The molecular weight excluding hydrogens is 303 g/mol. The second-order valence-corrected chi connectivity index (χ2v) is 6.61. The number of benzene rings is 2. The van der Waals surface area contributed by atoms with E-state index < -0.39 is 0 Å². The minimum absolute atomic E-state index is 0.0836. The number of piperidine rings is 1. The van der Waals surface area contributed by atoms with Gasteiger partial charge in [0.25, 0.3) is 0 Å². The molecule has 2 aromatic rings. The number of nitrogens with zero attached hydrogens (tertiary/aromatic N) is 1. The monoisotopic (exact) mass is 328 g/mol. The van der Waals surface area contributed by atoms with Gasteiger partial charge in [-0.2, -0.15) is 0 Å². The summed E-state index contributed by atoms with van der Waals surface area (Å²) in [7, 11) is 1.74. The van der Waals surface area contributed by atoms with Crippen LogP contribution in [0, 0.1) is 5.82 Å². The van der Waals surface area contributed by atoms with E-state index in [1.807, 2.05) is 0 Å². The smallest absolute Gasteiger partial charge is 0.123 e. The van der Waals surface area contributed by atoms with Gasteiger partial charge in [-0.15, -0.1) is 0 Å². The molecule has 1 aliphatic heterocycles. The van der Waals surface area contributed by atoms with Gasteiger partial charge in [-0.25, -0.2) is 4.39 Å². The van der Waals surface area contributed by atoms with Crippen LogP contribution in [-0.4, -0.2) is 37.2 Å². The number of ether oxygens (including phenoxy) is 1. The summed E-state index contributed by atoms with van der Waals surface area (Å²) in [5, 5.41) is 3.59. The molecule has 24 heavy (non-hydrogen) atoms. The predicted octanol–water partition coefficient (Wildman–Crippen LogP) is 3.92. The maximum absolute atomic E-state index is 13.1. The Morgan fingerprint density at radius 2 is 1.71 bits per heavy atom. The van der Waals surface area contributed by atoms with E-state index in [0.717, 1.165) is 38.2 Å². The molecule has 1 heterocycles. The highest BCUT2D eigenvalue weighted by atomic mass is 19.1. The van der Waals surface area contributed by atoms with Gasteiger partial charge in [-0.1, -0.05) is 30.3 Å². The van der Waals surface area contributed by atoms with Gasteiger partial charge in [0.05, 0.1) is 12.1 Å². The topological polar surface area (TPSA) is 24.5 Å². The van der Waals surface area contributed by atoms with Crippen LogP contribution in [0.15, 0.2) is 54.6 Å². The molecule has 0 radical (unpaired) electrons. The summed E-state index contributed by atoms with van der Waals surface area (Å²) >= 11 is 0. The Bertz CT molecular complexity index is 622. The molecule has 0 aromatic heterocycles. The van der Waals surface area contributed by atoms with Crippen LogP contribution in [0.5, 0.6) is 0 Å². The van der Waals surface area contributed by atoms with Crippen LogP contribution in [0.2, 0.25) is 0 Å². The third-order valence-electron chi connectivity index (χ3n) is 4.74. The Balaban J connectivity index is 1.62. The molecule has 0 saturated carbocycles. The first kappa shape index (κ1) is 16.9. The van der Waals surface area contributed by atoms with Gasteiger partial charge in [0.2, 0.25) is 0 Å². The van der Waals surface area contributed by atoms with Gasteiger partial charge in [-0.05, 0) is 42.7 Å². The number of likely N-dealkylation sites (tertiary alicyclic amines) is 1. The molecule has 0 spiro atoms. The summed E-state index contributed by atoms with van der Waals surface area (Å²) in [5.74, 6) is -0.209. The molecule has 1 saturated heterocycles. The highest BCUT2D eigenvalue weighted by Gasteiger charge is 2.34. The molecule has 3 nitrogen and oxygen atoms in total. The van der Waals surface area contributed by atoms with Crippen LogP contribution in [0.25, 0.3) is 0 Å². The fourth-order valence-corrected chi connectivity index (χ4v) is 3.40. The lowest BCUT2D eigenvalue weighted by atomic mass is 9.87. The van der Waals surface area contributed by atoms with E-state index in [1.54, 1.807) is 19.2 Å². The third kappa shape index (κ3) is 4.34. The molecule has 1 N–H and O–H groups in total. The van der Waals surface area contributed by atoms with Crippen molar-refractivity contribution in [3.63, 3.8) is 0 Å². The minimum Gasteiger partial charge on any atom is -0.382 e. The van der Waals surface area contributed by atoms with Crippen molar-refractivity contribution in [1.82, 2.24) is 4.90 Å². The van der Waals surface area contributed by atoms with E-state index in [-0.39, 0.29) is 11.4 Å². The standard InChI is InChI=1S/C20H25FN2O/c1-24-16-20(22-19-9-7-18(21)8-10-19)11-13-23(14-12-20)15-17-5-3-2-4-6-17/h2-10,22H,11-16H2,1H3. The third-order valence-corrected chi connectivity index (χ3v) is 4.74. The van der Waals surface area contributed by atoms with Crippen molar-refractivity contribution in [2.75, 3.05) is 32.1 Å². The molecule has 0 aliphatic carbocycles. The Morgan fingerprint density at radius 1 is 1.04 bits per heavy atom. The lowest BCUT2D eigenvalue weighted by Crippen LogP contribution is -2.51. The first-order chi connectivity index (χ1) is 11.7. The highest BCUT2D eigenvalue weighted by molar-refractivity contribution is 5.45. The van der Waals surface area contributed by atoms with Crippen LogP contribution < -0.4 is 5.32 Å². The quantitative estimate of drug-likeness (QED) is 0.870. The fraction of sp³-hybridized carbons (Fsp3) is 0.400.